The molecular formula is C24H23NO3S. The molecule has 0 saturated heterocycles. The molecule has 4 nitrogen and oxygen atoms in total. The molecule has 1 aromatic heterocycles. The van der Waals surface area contributed by atoms with Crippen LogP contribution in [0, 0.1) is 0 Å². The van der Waals surface area contributed by atoms with Crippen molar-refractivity contribution in [1.29, 1.82) is 0 Å². The summed E-state index contributed by atoms with van der Waals surface area (Å²) in [6.45, 7) is 2.82. The topological polar surface area (TPSA) is 51.5 Å². The van der Waals surface area contributed by atoms with E-state index < -0.39 is 5.97 Å². The summed E-state index contributed by atoms with van der Waals surface area (Å²) in [4.78, 5) is 12.5. The Labute approximate surface area is 174 Å². The lowest BCUT2D eigenvalue weighted by atomic mass is 10.1. The normalized spacial score (nSPS) is 11.2. The van der Waals surface area contributed by atoms with Crippen LogP contribution in [0.15, 0.2) is 65.6 Å². The van der Waals surface area contributed by atoms with E-state index >= 15 is 0 Å². The van der Waals surface area contributed by atoms with E-state index in [0.717, 1.165) is 43.8 Å². The van der Waals surface area contributed by atoms with Gasteiger partial charge in [-0.15, -0.1) is 11.8 Å². The first-order chi connectivity index (χ1) is 14.1. The molecule has 4 rings (SSSR count). The number of hydrogen-bond donors (Lipinski definition) is 1. The highest BCUT2D eigenvalue weighted by Crippen LogP contribution is 2.41. The monoisotopic (exact) mass is 405 g/mol. The summed E-state index contributed by atoms with van der Waals surface area (Å²) in [6, 6.07) is 20.5. The molecule has 4 aromatic rings. The number of aromatic nitrogens is 1. The molecule has 1 heterocycles. The summed E-state index contributed by atoms with van der Waals surface area (Å²) in [5.74, 6) is 0.926. The molecule has 3 aromatic carbocycles. The first kappa shape index (κ1) is 19.4. The van der Waals surface area contributed by atoms with Crippen LogP contribution in [-0.4, -0.2) is 28.5 Å². The van der Waals surface area contributed by atoms with Gasteiger partial charge in [-0.2, -0.15) is 0 Å². The van der Waals surface area contributed by atoms with Gasteiger partial charge in [-0.1, -0.05) is 43.3 Å². The van der Waals surface area contributed by atoms with Crippen LogP contribution in [-0.2, 0) is 17.8 Å². The van der Waals surface area contributed by atoms with Crippen molar-refractivity contribution in [3.8, 4) is 5.75 Å². The Kier molecular flexibility index (Phi) is 5.49. The van der Waals surface area contributed by atoms with E-state index in [-0.39, 0.29) is 6.42 Å². The number of benzene rings is 3. The van der Waals surface area contributed by atoms with Crippen molar-refractivity contribution >= 4 is 39.5 Å². The van der Waals surface area contributed by atoms with Gasteiger partial charge in [0.15, 0.2) is 0 Å². The fourth-order valence-electron chi connectivity index (χ4n) is 3.90. The number of carbonyl (C=O) groups is 1. The molecule has 0 aliphatic heterocycles. The van der Waals surface area contributed by atoms with Gasteiger partial charge >= 0.3 is 5.97 Å². The third-order valence-electron chi connectivity index (χ3n) is 5.04. The first-order valence-electron chi connectivity index (χ1n) is 9.62. The Hall–Kier alpha value is -2.92. The standard InChI is InChI=1S/C24H23NO3S/c1-3-29-21-13-17(14-22(26)27)12-19-24(21)23-18(10-7-11-20(23)28-2)25(19)15-16-8-5-4-6-9-16/h4-13H,3,14-15H2,1-2H3,(H,26,27). The number of nitrogens with zero attached hydrogens (tertiary/aromatic N) is 1. The summed E-state index contributed by atoms with van der Waals surface area (Å²) in [6.07, 6.45) is 0.0111. The third-order valence-corrected chi connectivity index (χ3v) is 5.96. The molecule has 29 heavy (non-hydrogen) atoms. The zero-order valence-corrected chi connectivity index (χ0v) is 17.3. The molecule has 0 atom stereocenters. The van der Waals surface area contributed by atoms with E-state index in [1.165, 1.54) is 5.56 Å². The predicted octanol–water partition coefficient (Wildman–Crippen LogP) is 5.59. The van der Waals surface area contributed by atoms with Crippen molar-refractivity contribution in [1.82, 2.24) is 4.57 Å². The number of methoxy groups -OCH3 is 1. The maximum Gasteiger partial charge on any atom is 0.307 e. The number of carboxylic acids is 1. The fraction of sp³-hybridized carbons (Fsp3) is 0.208. The Bertz CT molecular complexity index is 1180. The molecule has 0 amide bonds. The Morgan fingerprint density at radius 3 is 2.48 bits per heavy atom. The van der Waals surface area contributed by atoms with Crippen molar-refractivity contribution in [2.75, 3.05) is 12.9 Å². The molecule has 0 bridgehead atoms. The predicted molar refractivity (Wildman–Crippen MR) is 119 cm³/mol. The van der Waals surface area contributed by atoms with Crippen LogP contribution in [0.1, 0.15) is 18.1 Å². The SMILES string of the molecule is CCSc1cc(CC(=O)O)cc2c1c1c(OC)cccc1n2Cc1ccccc1. The summed E-state index contributed by atoms with van der Waals surface area (Å²) >= 11 is 1.74. The van der Waals surface area contributed by atoms with Crippen molar-refractivity contribution in [3.63, 3.8) is 0 Å². The minimum atomic E-state index is -0.819. The van der Waals surface area contributed by atoms with E-state index in [4.69, 9.17) is 4.74 Å². The van der Waals surface area contributed by atoms with Gasteiger partial charge in [-0.05, 0) is 41.1 Å². The Balaban J connectivity index is 2.07. The lowest BCUT2D eigenvalue weighted by Crippen LogP contribution is -2.02. The van der Waals surface area contributed by atoms with Gasteiger partial charge in [0.1, 0.15) is 5.75 Å². The molecule has 0 spiro atoms. The van der Waals surface area contributed by atoms with Gasteiger partial charge in [0, 0.05) is 16.8 Å². The van der Waals surface area contributed by atoms with Gasteiger partial charge < -0.3 is 14.4 Å². The second-order valence-electron chi connectivity index (χ2n) is 6.92. The van der Waals surface area contributed by atoms with Crippen molar-refractivity contribution in [2.24, 2.45) is 0 Å². The van der Waals surface area contributed by atoms with Gasteiger partial charge in [0.2, 0.25) is 0 Å². The van der Waals surface area contributed by atoms with Crippen LogP contribution in [0.2, 0.25) is 0 Å². The van der Waals surface area contributed by atoms with E-state index in [1.807, 2.05) is 42.5 Å². The highest BCUT2D eigenvalue weighted by atomic mass is 32.2. The maximum atomic E-state index is 11.4. The summed E-state index contributed by atoms with van der Waals surface area (Å²) in [5.41, 5.74) is 4.15. The quantitative estimate of drug-likeness (QED) is 0.407. The molecule has 148 valence electrons. The lowest BCUT2D eigenvalue weighted by molar-refractivity contribution is -0.136. The van der Waals surface area contributed by atoms with Crippen LogP contribution in [0.25, 0.3) is 21.8 Å². The minimum absolute atomic E-state index is 0.0111. The van der Waals surface area contributed by atoms with Crippen LogP contribution in [0.3, 0.4) is 0 Å². The van der Waals surface area contributed by atoms with E-state index in [9.17, 15) is 9.90 Å². The number of fused-ring (bicyclic) bond motifs is 3. The average molecular weight is 406 g/mol. The number of ether oxygens (including phenoxy) is 1. The zero-order chi connectivity index (χ0) is 20.4. The van der Waals surface area contributed by atoms with Crippen molar-refractivity contribution < 1.29 is 14.6 Å². The van der Waals surface area contributed by atoms with E-state index in [0.29, 0.717) is 6.54 Å². The molecule has 0 fully saturated rings. The van der Waals surface area contributed by atoms with Gasteiger partial charge in [-0.3, -0.25) is 4.79 Å². The van der Waals surface area contributed by atoms with Gasteiger partial charge in [0.05, 0.1) is 30.0 Å². The average Bonchev–Trinajstić information content (AvgIpc) is 3.02. The Morgan fingerprint density at radius 1 is 1.00 bits per heavy atom. The van der Waals surface area contributed by atoms with Crippen LogP contribution >= 0.6 is 11.8 Å². The zero-order valence-electron chi connectivity index (χ0n) is 16.5. The highest BCUT2D eigenvalue weighted by molar-refractivity contribution is 7.99. The number of rotatable bonds is 7. The highest BCUT2D eigenvalue weighted by Gasteiger charge is 2.19. The van der Waals surface area contributed by atoms with Crippen molar-refractivity contribution in [2.45, 2.75) is 24.8 Å². The molecule has 0 aliphatic carbocycles. The third kappa shape index (κ3) is 3.70. The molecule has 0 unspecified atom stereocenters. The molecular weight excluding hydrogens is 382 g/mol. The maximum absolute atomic E-state index is 11.4. The summed E-state index contributed by atoms with van der Waals surface area (Å²) in [7, 11) is 1.70. The lowest BCUT2D eigenvalue weighted by Gasteiger charge is -2.10. The van der Waals surface area contributed by atoms with Crippen LogP contribution in [0.5, 0.6) is 5.75 Å². The summed E-state index contributed by atoms with van der Waals surface area (Å²) < 4.78 is 7.98. The molecule has 0 aliphatic rings. The number of thioether (sulfide) groups is 1. The molecule has 1 N–H and O–H groups in total. The first-order valence-corrected chi connectivity index (χ1v) is 10.6. The van der Waals surface area contributed by atoms with E-state index in [2.05, 4.69) is 29.7 Å². The fourth-order valence-corrected chi connectivity index (χ4v) is 4.80. The molecule has 0 saturated carbocycles. The Morgan fingerprint density at radius 2 is 1.79 bits per heavy atom. The minimum Gasteiger partial charge on any atom is -0.496 e. The number of aliphatic carboxylic acids is 1. The second-order valence-corrected chi connectivity index (χ2v) is 8.22. The van der Waals surface area contributed by atoms with Crippen LogP contribution in [0.4, 0.5) is 0 Å². The smallest absolute Gasteiger partial charge is 0.307 e. The van der Waals surface area contributed by atoms with Gasteiger partial charge in [0.25, 0.3) is 0 Å². The van der Waals surface area contributed by atoms with Crippen molar-refractivity contribution in [3.05, 3.63) is 71.8 Å². The number of carboxylic acid groups (broad SMARTS) is 1. The number of hydrogen-bond acceptors (Lipinski definition) is 3. The summed E-state index contributed by atoms with van der Waals surface area (Å²) in [5, 5.41) is 11.6. The largest absolute Gasteiger partial charge is 0.496 e. The van der Waals surface area contributed by atoms with Crippen LogP contribution < -0.4 is 4.74 Å². The molecule has 0 radical (unpaired) electrons. The van der Waals surface area contributed by atoms with E-state index in [1.54, 1.807) is 18.9 Å². The van der Waals surface area contributed by atoms with Gasteiger partial charge in [-0.25, -0.2) is 0 Å². The molecule has 5 heteroatoms. The second kappa shape index (κ2) is 8.21.